The van der Waals surface area contributed by atoms with E-state index >= 15 is 0 Å². The molecule has 0 atom stereocenters. The highest BCUT2D eigenvalue weighted by Crippen LogP contribution is 2.37. The Kier molecular flexibility index (Phi) is 4.62. The van der Waals surface area contributed by atoms with E-state index in [2.05, 4.69) is 61.4 Å². The van der Waals surface area contributed by atoms with Crippen LogP contribution in [0.3, 0.4) is 0 Å². The van der Waals surface area contributed by atoms with Gasteiger partial charge >= 0.3 is 0 Å². The van der Waals surface area contributed by atoms with Crippen LogP contribution in [0.5, 0.6) is 0 Å². The third kappa shape index (κ3) is 3.85. The number of hydrogen-bond donors (Lipinski definition) is 0. The maximum absolute atomic E-state index is 4.24. The van der Waals surface area contributed by atoms with Crippen molar-refractivity contribution in [3.05, 3.63) is 66.9 Å². The Morgan fingerprint density at radius 3 is 2.53 bits per heavy atom. The van der Waals surface area contributed by atoms with Gasteiger partial charge in [-0.2, -0.15) is 0 Å². The summed E-state index contributed by atoms with van der Waals surface area (Å²) in [6.45, 7) is 12.0. The van der Waals surface area contributed by atoms with Crippen molar-refractivity contribution in [3.8, 4) is 0 Å². The Balaban J connectivity index is 2.01. The van der Waals surface area contributed by atoms with Crippen LogP contribution in [0.25, 0.3) is 5.57 Å². The summed E-state index contributed by atoms with van der Waals surface area (Å²) in [7, 11) is 0. The zero-order valence-electron chi connectivity index (χ0n) is 11.8. The quantitative estimate of drug-likeness (QED) is 0.647. The first-order valence-electron chi connectivity index (χ1n) is 6.99. The Morgan fingerprint density at radius 1 is 1.26 bits per heavy atom. The van der Waals surface area contributed by atoms with E-state index in [1.165, 1.54) is 29.7 Å². The second-order valence-corrected chi connectivity index (χ2v) is 5.21. The average molecular weight is 253 g/mol. The van der Waals surface area contributed by atoms with Crippen LogP contribution in [0.2, 0.25) is 0 Å². The normalized spacial score (nSPS) is 15.1. The summed E-state index contributed by atoms with van der Waals surface area (Å²) in [5.41, 5.74) is 3.88. The largest absolute Gasteiger partial charge is 0.368 e. The molecule has 1 saturated carbocycles. The Hall–Kier alpha value is -1.76. The summed E-state index contributed by atoms with van der Waals surface area (Å²) in [6.07, 6.45) is 6.84. The molecule has 0 aromatic heterocycles. The van der Waals surface area contributed by atoms with E-state index < -0.39 is 0 Å². The molecule has 0 unspecified atom stereocenters. The van der Waals surface area contributed by atoms with Gasteiger partial charge in [-0.1, -0.05) is 49.1 Å². The lowest BCUT2D eigenvalue weighted by Crippen LogP contribution is -2.23. The summed E-state index contributed by atoms with van der Waals surface area (Å²) in [6, 6.07) is 10.5. The molecule has 0 N–H and O–H groups in total. The van der Waals surface area contributed by atoms with Crippen LogP contribution in [0.1, 0.15) is 25.3 Å². The van der Waals surface area contributed by atoms with E-state index in [-0.39, 0.29) is 0 Å². The number of rotatable bonds is 7. The maximum atomic E-state index is 4.24. The van der Waals surface area contributed by atoms with Gasteiger partial charge in [0, 0.05) is 18.8 Å². The van der Waals surface area contributed by atoms with E-state index in [0.717, 1.165) is 13.1 Å². The summed E-state index contributed by atoms with van der Waals surface area (Å²) < 4.78 is 0. The fourth-order valence-electron chi connectivity index (χ4n) is 2.21. The first-order valence-corrected chi connectivity index (χ1v) is 6.99. The maximum Gasteiger partial charge on any atom is 0.0365 e. The van der Waals surface area contributed by atoms with Crippen molar-refractivity contribution >= 4 is 5.57 Å². The lowest BCUT2D eigenvalue weighted by molar-refractivity contribution is 0.400. The smallest absolute Gasteiger partial charge is 0.0365 e. The minimum atomic E-state index is 0.713. The van der Waals surface area contributed by atoms with Gasteiger partial charge in [0.25, 0.3) is 0 Å². The van der Waals surface area contributed by atoms with E-state index in [1.54, 1.807) is 0 Å². The van der Waals surface area contributed by atoms with Gasteiger partial charge in [0.2, 0.25) is 0 Å². The first kappa shape index (κ1) is 13.7. The molecule has 0 spiro atoms. The molecule has 19 heavy (non-hydrogen) atoms. The molecular weight excluding hydrogens is 230 g/mol. The van der Waals surface area contributed by atoms with Crippen LogP contribution < -0.4 is 0 Å². The molecule has 1 fully saturated rings. The van der Waals surface area contributed by atoms with E-state index in [4.69, 9.17) is 0 Å². The molecule has 1 aliphatic rings. The van der Waals surface area contributed by atoms with Crippen molar-refractivity contribution < 1.29 is 0 Å². The van der Waals surface area contributed by atoms with Gasteiger partial charge < -0.3 is 4.90 Å². The van der Waals surface area contributed by atoms with Gasteiger partial charge in [0.15, 0.2) is 0 Å². The molecule has 1 heteroatoms. The summed E-state index contributed by atoms with van der Waals surface area (Å²) in [4.78, 5) is 2.33. The third-order valence-electron chi connectivity index (χ3n) is 3.65. The van der Waals surface area contributed by atoms with Gasteiger partial charge in [0.05, 0.1) is 0 Å². The molecule has 1 nitrogen and oxygen atoms in total. The number of nitrogens with zero attached hydrogens (tertiary/aromatic N) is 1. The fraction of sp³-hybridized carbons (Fsp3) is 0.333. The second-order valence-electron chi connectivity index (χ2n) is 5.21. The van der Waals surface area contributed by atoms with E-state index in [9.17, 15) is 0 Å². The molecule has 0 aliphatic heterocycles. The SMILES string of the molecule is C=CCN(C/C=C(\C)c1ccccc1)C(=C)C1CC1. The average Bonchev–Trinajstić information content (AvgIpc) is 3.28. The predicted molar refractivity (Wildman–Crippen MR) is 83.7 cm³/mol. The topological polar surface area (TPSA) is 3.24 Å². The molecular formula is C18H23N. The molecule has 1 aromatic carbocycles. The highest BCUT2D eigenvalue weighted by Gasteiger charge is 2.27. The van der Waals surface area contributed by atoms with E-state index in [0.29, 0.717) is 5.92 Å². The van der Waals surface area contributed by atoms with Crippen LogP contribution in [-0.2, 0) is 0 Å². The Morgan fingerprint density at radius 2 is 1.95 bits per heavy atom. The minimum absolute atomic E-state index is 0.713. The molecule has 0 bridgehead atoms. The zero-order chi connectivity index (χ0) is 13.7. The van der Waals surface area contributed by atoms with Gasteiger partial charge in [-0.3, -0.25) is 0 Å². The van der Waals surface area contributed by atoms with Gasteiger partial charge in [0.1, 0.15) is 0 Å². The highest BCUT2D eigenvalue weighted by molar-refractivity contribution is 5.63. The summed E-state index contributed by atoms with van der Waals surface area (Å²) in [5.74, 6) is 0.713. The van der Waals surface area contributed by atoms with Crippen LogP contribution >= 0.6 is 0 Å². The standard InChI is InChI=1S/C18H23N/c1-4-13-19(16(3)18-10-11-18)14-12-15(2)17-8-6-5-7-9-17/h4-9,12,18H,1,3,10-11,13-14H2,2H3/b15-12+. The van der Waals surface area contributed by atoms with Crippen molar-refractivity contribution in [2.75, 3.05) is 13.1 Å². The monoisotopic (exact) mass is 253 g/mol. The molecule has 0 radical (unpaired) electrons. The van der Waals surface area contributed by atoms with Crippen molar-refractivity contribution in [2.45, 2.75) is 19.8 Å². The lowest BCUT2D eigenvalue weighted by atomic mass is 10.1. The summed E-state index contributed by atoms with van der Waals surface area (Å²) in [5, 5.41) is 0. The zero-order valence-corrected chi connectivity index (χ0v) is 11.8. The second kappa shape index (κ2) is 6.42. The summed E-state index contributed by atoms with van der Waals surface area (Å²) >= 11 is 0. The third-order valence-corrected chi connectivity index (χ3v) is 3.65. The number of hydrogen-bond acceptors (Lipinski definition) is 1. The van der Waals surface area contributed by atoms with Gasteiger partial charge in [-0.25, -0.2) is 0 Å². The minimum Gasteiger partial charge on any atom is -0.368 e. The highest BCUT2D eigenvalue weighted by atomic mass is 15.1. The number of allylic oxidation sites excluding steroid dienone is 2. The molecule has 100 valence electrons. The first-order chi connectivity index (χ1) is 9.22. The van der Waals surface area contributed by atoms with Gasteiger partial charge in [-0.15, -0.1) is 6.58 Å². The Bertz CT molecular complexity index is 466. The Labute approximate surface area is 116 Å². The van der Waals surface area contributed by atoms with Crippen molar-refractivity contribution in [1.29, 1.82) is 0 Å². The fourth-order valence-corrected chi connectivity index (χ4v) is 2.21. The molecule has 2 rings (SSSR count). The lowest BCUT2D eigenvalue weighted by Gasteiger charge is -2.24. The van der Waals surface area contributed by atoms with Crippen molar-refractivity contribution in [3.63, 3.8) is 0 Å². The van der Waals surface area contributed by atoms with Gasteiger partial charge in [-0.05, 0) is 36.8 Å². The van der Waals surface area contributed by atoms with E-state index in [1.807, 2.05) is 6.08 Å². The molecule has 1 aromatic rings. The molecule has 0 saturated heterocycles. The molecule has 0 amide bonds. The number of benzene rings is 1. The molecule has 0 heterocycles. The van der Waals surface area contributed by atoms with Crippen molar-refractivity contribution in [1.82, 2.24) is 4.90 Å². The van der Waals surface area contributed by atoms with Crippen LogP contribution in [0, 0.1) is 5.92 Å². The van der Waals surface area contributed by atoms with Crippen LogP contribution in [-0.4, -0.2) is 18.0 Å². The van der Waals surface area contributed by atoms with Crippen molar-refractivity contribution in [2.24, 2.45) is 5.92 Å². The predicted octanol–water partition coefficient (Wildman–Crippen LogP) is 4.50. The van der Waals surface area contributed by atoms with Crippen LogP contribution in [0.4, 0.5) is 0 Å². The van der Waals surface area contributed by atoms with Crippen LogP contribution in [0.15, 0.2) is 61.3 Å². The molecule has 1 aliphatic carbocycles.